The van der Waals surface area contributed by atoms with Crippen LogP contribution in [0, 0.1) is 18.7 Å². The molecule has 19 heavy (non-hydrogen) atoms. The Bertz CT molecular complexity index is 429. The SMILES string of the molecule is CCCC1CCCC(N)(c2cc(C)ccc2F)CC1. The standard InChI is InChI=1S/C17H26FN/c1-3-5-14-6-4-10-17(19,11-9-14)15-12-13(2)7-8-16(15)18/h7-8,12,14H,3-6,9-11,19H2,1-2H3. The Morgan fingerprint density at radius 1 is 1.32 bits per heavy atom. The largest absolute Gasteiger partial charge is 0.321 e. The zero-order chi connectivity index (χ0) is 13.9. The summed E-state index contributed by atoms with van der Waals surface area (Å²) in [5.74, 6) is 0.644. The first-order valence-corrected chi connectivity index (χ1v) is 7.60. The summed E-state index contributed by atoms with van der Waals surface area (Å²) < 4.78 is 14.1. The topological polar surface area (TPSA) is 26.0 Å². The summed E-state index contributed by atoms with van der Waals surface area (Å²) in [5.41, 5.74) is 7.93. The van der Waals surface area contributed by atoms with E-state index in [2.05, 4.69) is 6.92 Å². The lowest BCUT2D eigenvalue weighted by atomic mass is 9.82. The summed E-state index contributed by atoms with van der Waals surface area (Å²) in [6, 6.07) is 5.32. The first-order chi connectivity index (χ1) is 9.05. The van der Waals surface area contributed by atoms with E-state index in [1.807, 2.05) is 19.1 Å². The molecule has 1 aliphatic carbocycles. The van der Waals surface area contributed by atoms with Crippen LogP contribution < -0.4 is 5.73 Å². The molecule has 1 saturated carbocycles. The molecule has 1 fully saturated rings. The fourth-order valence-electron chi connectivity index (χ4n) is 3.42. The molecule has 0 bridgehead atoms. The fourth-order valence-corrected chi connectivity index (χ4v) is 3.42. The van der Waals surface area contributed by atoms with Gasteiger partial charge in [0.15, 0.2) is 0 Å². The van der Waals surface area contributed by atoms with Gasteiger partial charge in [0.1, 0.15) is 5.82 Å². The number of rotatable bonds is 3. The Hall–Kier alpha value is -0.890. The number of aryl methyl sites for hydroxylation is 1. The van der Waals surface area contributed by atoms with Gasteiger partial charge in [0.2, 0.25) is 0 Å². The van der Waals surface area contributed by atoms with Crippen LogP contribution in [-0.2, 0) is 5.54 Å². The second-order valence-electron chi connectivity index (χ2n) is 6.23. The van der Waals surface area contributed by atoms with Gasteiger partial charge in [0.05, 0.1) is 0 Å². The quantitative estimate of drug-likeness (QED) is 0.788. The van der Waals surface area contributed by atoms with E-state index in [0.29, 0.717) is 0 Å². The molecule has 2 N–H and O–H groups in total. The maximum absolute atomic E-state index is 14.1. The molecule has 2 rings (SSSR count). The summed E-state index contributed by atoms with van der Waals surface area (Å²) in [4.78, 5) is 0. The molecule has 106 valence electrons. The molecule has 1 aliphatic rings. The third kappa shape index (κ3) is 3.36. The van der Waals surface area contributed by atoms with Gasteiger partial charge in [-0.1, -0.05) is 50.3 Å². The van der Waals surface area contributed by atoms with Crippen LogP contribution in [0.4, 0.5) is 4.39 Å². The highest BCUT2D eigenvalue weighted by atomic mass is 19.1. The maximum atomic E-state index is 14.1. The summed E-state index contributed by atoms with van der Waals surface area (Å²) in [5, 5.41) is 0. The van der Waals surface area contributed by atoms with Crippen LogP contribution in [0.1, 0.15) is 63.0 Å². The van der Waals surface area contributed by atoms with Gasteiger partial charge in [0, 0.05) is 11.1 Å². The number of nitrogens with two attached hydrogens (primary N) is 1. The van der Waals surface area contributed by atoms with Gasteiger partial charge in [-0.2, -0.15) is 0 Å². The molecule has 2 atom stereocenters. The predicted octanol–water partition coefficient (Wildman–Crippen LogP) is 4.67. The molecule has 0 heterocycles. The number of hydrogen-bond donors (Lipinski definition) is 1. The molecule has 0 spiro atoms. The number of hydrogen-bond acceptors (Lipinski definition) is 1. The third-order valence-electron chi connectivity index (χ3n) is 4.59. The second kappa shape index (κ2) is 6.04. The lowest BCUT2D eigenvalue weighted by molar-refractivity contribution is 0.354. The molecule has 2 unspecified atom stereocenters. The summed E-state index contributed by atoms with van der Waals surface area (Å²) in [6.45, 7) is 4.24. The van der Waals surface area contributed by atoms with Crippen molar-refractivity contribution in [2.75, 3.05) is 0 Å². The fraction of sp³-hybridized carbons (Fsp3) is 0.647. The first-order valence-electron chi connectivity index (χ1n) is 7.60. The van der Waals surface area contributed by atoms with Gasteiger partial charge in [-0.3, -0.25) is 0 Å². The smallest absolute Gasteiger partial charge is 0.128 e. The van der Waals surface area contributed by atoms with Crippen molar-refractivity contribution in [3.63, 3.8) is 0 Å². The average molecular weight is 263 g/mol. The van der Waals surface area contributed by atoms with E-state index in [0.717, 1.165) is 42.7 Å². The number of halogens is 1. The van der Waals surface area contributed by atoms with E-state index in [1.165, 1.54) is 19.3 Å². The van der Waals surface area contributed by atoms with Crippen LogP contribution in [0.2, 0.25) is 0 Å². The van der Waals surface area contributed by atoms with Crippen molar-refractivity contribution >= 4 is 0 Å². The van der Waals surface area contributed by atoms with Gasteiger partial charge in [-0.25, -0.2) is 4.39 Å². The average Bonchev–Trinajstić information content (AvgIpc) is 2.56. The van der Waals surface area contributed by atoms with E-state index in [4.69, 9.17) is 5.73 Å². The molecule has 0 amide bonds. The van der Waals surface area contributed by atoms with Gasteiger partial charge in [0.25, 0.3) is 0 Å². The molecule has 1 nitrogen and oxygen atoms in total. The van der Waals surface area contributed by atoms with E-state index in [-0.39, 0.29) is 5.82 Å². The van der Waals surface area contributed by atoms with Crippen molar-refractivity contribution < 1.29 is 4.39 Å². The predicted molar refractivity (Wildman–Crippen MR) is 78.5 cm³/mol. The lowest BCUT2D eigenvalue weighted by Crippen LogP contribution is -2.37. The molecule has 2 heteroatoms. The third-order valence-corrected chi connectivity index (χ3v) is 4.59. The molecular weight excluding hydrogens is 237 g/mol. The lowest BCUT2D eigenvalue weighted by Gasteiger charge is -2.29. The normalized spacial score (nSPS) is 28.1. The summed E-state index contributed by atoms with van der Waals surface area (Å²) in [6.07, 6.45) is 7.85. The van der Waals surface area contributed by atoms with Gasteiger partial charge in [-0.15, -0.1) is 0 Å². The molecule has 0 radical (unpaired) electrons. The monoisotopic (exact) mass is 263 g/mol. The minimum atomic E-state index is -0.460. The van der Waals surface area contributed by atoms with Crippen molar-refractivity contribution in [2.45, 2.75) is 64.3 Å². The van der Waals surface area contributed by atoms with Gasteiger partial charge >= 0.3 is 0 Å². The first kappa shape index (κ1) is 14.5. The Morgan fingerprint density at radius 2 is 2.11 bits per heavy atom. The van der Waals surface area contributed by atoms with E-state index >= 15 is 0 Å². The molecule has 0 aliphatic heterocycles. The van der Waals surface area contributed by atoms with Crippen molar-refractivity contribution in [3.8, 4) is 0 Å². The second-order valence-corrected chi connectivity index (χ2v) is 6.23. The zero-order valence-corrected chi connectivity index (χ0v) is 12.2. The molecule has 1 aromatic carbocycles. The molecular formula is C17H26FN. The van der Waals surface area contributed by atoms with E-state index in [1.54, 1.807) is 6.07 Å². The minimum Gasteiger partial charge on any atom is -0.321 e. The van der Waals surface area contributed by atoms with Crippen LogP contribution in [0.25, 0.3) is 0 Å². The van der Waals surface area contributed by atoms with Crippen molar-refractivity contribution in [1.82, 2.24) is 0 Å². The Morgan fingerprint density at radius 3 is 2.84 bits per heavy atom. The van der Waals surface area contributed by atoms with Crippen molar-refractivity contribution in [2.24, 2.45) is 11.7 Å². The Kier molecular flexibility index (Phi) is 4.62. The van der Waals surface area contributed by atoms with Crippen molar-refractivity contribution in [1.29, 1.82) is 0 Å². The van der Waals surface area contributed by atoms with Crippen LogP contribution in [0.5, 0.6) is 0 Å². The minimum absolute atomic E-state index is 0.137. The molecule has 0 aromatic heterocycles. The van der Waals surface area contributed by atoms with Gasteiger partial charge in [-0.05, 0) is 38.2 Å². The van der Waals surface area contributed by atoms with Gasteiger partial charge < -0.3 is 5.73 Å². The Balaban J connectivity index is 2.20. The maximum Gasteiger partial charge on any atom is 0.128 e. The molecule has 0 saturated heterocycles. The van der Waals surface area contributed by atoms with Crippen molar-refractivity contribution in [3.05, 3.63) is 35.1 Å². The van der Waals surface area contributed by atoms with Crippen LogP contribution in [0.15, 0.2) is 18.2 Å². The van der Waals surface area contributed by atoms with E-state index in [9.17, 15) is 4.39 Å². The Labute approximate surface area is 116 Å². The van der Waals surface area contributed by atoms with E-state index < -0.39 is 5.54 Å². The number of benzene rings is 1. The summed E-state index contributed by atoms with van der Waals surface area (Å²) >= 11 is 0. The summed E-state index contributed by atoms with van der Waals surface area (Å²) in [7, 11) is 0. The highest BCUT2D eigenvalue weighted by Gasteiger charge is 2.32. The molecule has 1 aromatic rings. The zero-order valence-electron chi connectivity index (χ0n) is 12.2. The van der Waals surface area contributed by atoms with Crippen LogP contribution in [-0.4, -0.2) is 0 Å². The van der Waals surface area contributed by atoms with Crippen LogP contribution in [0.3, 0.4) is 0 Å². The van der Waals surface area contributed by atoms with Crippen LogP contribution >= 0.6 is 0 Å². The highest BCUT2D eigenvalue weighted by Crippen LogP contribution is 2.38. The highest BCUT2D eigenvalue weighted by molar-refractivity contribution is 5.30.